The molecule has 0 unspecified atom stereocenters. The molecule has 1 N–H and O–H groups in total. The molecule has 4 heteroatoms. The molecule has 0 aromatic carbocycles. The highest BCUT2D eigenvalue weighted by atomic mass is 32.1. The Balaban J connectivity index is 2.40. The molecule has 0 aliphatic carbocycles. The van der Waals surface area contributed by atoms with Crippen LogP contribution >= 0.6 is 11.3 Å². The maximum absolute atomic E-state index is 4.46. The second-order valence-electron chi connectivity index (χ2n) is 3.66. The minimum absolute atomic E-state index is 0.803. The molecule has 2 aromatic rings. The van der Waals surface area contributed by atoms with Gasteiger partial charge in [-0.25, -0.2) is 9.97 Å². The van der Waals surface area contributed by atoms with Crippen LogP contribution in [-0.2, 0) is 0 Å². The quantitative estimate of drug-likeness (QED) is 0.884. The minimum Gasteiger partial charge on any atom is -0.370 e. The van der Waals surface area contributed by atoms with Gasteiger partial charge < -0.3 is 5.32 Å². The van der Waals surface area contributed by atoms with Gasteiger partial charge in [0.05, 0.1) is 5.69 Å². The summed E-state index contributed by atoms with van der Waals surface area (Å²) in [4.78, 5) is 10.1. The maximum atomic E-state index is 4.46. The number of rotatable bonds is 3. The van der Waals surface area contributed by atoms with Crippen LogP contribution in [0, 0.1) is 13.8 Å². The molecule has 0 bridgehead atoms. The molecule has 0 spiro atoms. The van der Waals surface area contributed by atoms with Crippen molar-refractivity contribution in [3.63, 3.8) is 0 Å². The van der Waals surface area contributed by atoms with Crippen molar-refractivity contribution >= 4 is 17.2 Å². The van der Waals surface area contributed by atoms with Crippen molar-refractivity contribution in [2.45, 2.75) is 20.8 Å². The Bertz CT molecular complexity index is 491. The monoisotopic (exact) mass is 233 g/mol. The highest BCUT2D eigenvalue weighted by Crippen LogP contribution is 2.24. The van der Waals surface area contributed by atoms with E-state index in [0.717, 1.165) is 23.9 Å². The number of aromatic nitrogens is 2. The molecule has 0 saturated carbocycles. The zero-order valence-electron chi connectivity index (χ0n) is 9.74. The molecule has 0 fully saturated rings. The fourth-order valence-electron chi connectivity index (χ4n) is 1.57. The molecular weight excluding hydrogens is 218 g/mol. The van der Waals surface area contributed by atoms with Crippen molar-refractivity contribution in [3.05, 3.63) is 28.2 Å². The first kappa shape index (κ1) is 11.1. The highest BCUT2D eigenvalue weighted by molar-refractivity contribution is 7.10. The van der Waals surface area contributed by atoms with Crippen LogP contribution in [0.5, 0.6) is 0 Å². The average molecular weight is 233 g/mol. The molecule has 0 atom stereocenters. The first-order valence-electron chi connectivity index (χ1n) is 5.34. The van der Waals surface area contributed by atoms with Crippen molar-refractivity contribution in [2.75, 3.05) is 11.9 Å². The minimum atomic E-state index is 0.803. The number of hydrogen-bond acceptors (Lipinski definition) is 4. The van der Waals surface area contributed by atoms with Crippen molar-refractivity contribution in [2.24, 2.45) is 0 Å². The molecule has 0 saturated heterocycles. The van der Waals surface area contributed by atoms with Gasteiger partial charge in [0.1, 0.15) is 11.6 Å². The van der Waals surface area contributed by atoms with Crippen LogP contribution in [0.2, 0.25) is 0 Å². The second kappa shape index (κ2) is 4.61. The summed E-state index contributed by atoms with van der Waals surface area (Å²) in [6.45, 7) is 6.96. The smallest absolute Gasteiger partial charge is 0.130 e. The van der Waals surface area contributed by atoms with Crippen molar-refractivity contribution < 1.29 is 0 Å². The van der Waals surface area contributed by atoms with E-state index in [2.05, 4.69) is 40.6 Å². The van der Waals surface area contributed by atoms with Crippen LogP contribution in [0.3, 0.4) is 0 Å². The third-order valence-electron chi connectivity index (χ3n) is 2.22. The molecule has 0 radical (unpaired) electrons. The Hall–Kier alpha value is -1.42. The van der Waals surface area contributed by atoms with Gasteiger partial charge in [-0.2, -0.15) is 0 Å². The number of nitrogens with one attached hydrogen (secondary N) is 1. The first-order valence-corrected chi connectivity index (χ1v) is 6.22. The van der Waals surface area contributed by atoms with E-state index in [-0.39, 0.29) is 0 Å². The number of aryl methyl sites for hydroxylation is 2. The van der Waals surface area contributed by atoms with E-state index in [1.54, 1.807) is 11.3 Å². The molecule has 2 rings (SSSR count). The van der Waals surface area contributed by atoms with Gasteiger partial charge >= 0.3 is 0 Å². The lowest BCUT2D eigenvalue weighted by molar-refractivity contribution is 1.04. The molecule has 84 valence electrons. The Kier molecular flexibility index (Phi) is 3.19. The summed E-state index contributed by atoms with van der Waals surface area (Å²) in [5, 5.41) is 5.35. The lowest BCUT2D eigenvalue weighted by Crippen LogP contribution is -2.02. The highest BCUT2D eigenvalue weighted by Gasteiger charge is 2.05. The standard InChI is InChI=1S/C12H15N3S/c1-4-13-12-6-11(14-9(3)15-12)10-5-8(2)16-7-10/h5-7H,4H2,1-3H3,(H,13,14,15). The number of thiophene rings is 1. The Morgan fingerprint density at radius 1 is 1.25 bits per heavy atom. The third kappa shape index (κ3) is 2.39. The van der Waals surface area contributed by atoms with Gasteiger partial charge in [-0.05, 0) is 26.8 Å². The summed E-state index contributed by atoms with van der Waals surface area (Å²) in [6.07, 6.45) is 0. The van der Waals surface area contributed by atoms with E-state index >= 15 is 0 Å². The van der Waals surface area contributed by atoms with Crippen molar-refractivity contribution in [1.29, 1.82) is 0 Å². The first-order chi connectivity index (χ1) is 7.69. The van der Waals surface area contributed by atoms with Gasteiger partial charge in [0.2, 0.25) is 0 Å². The predicted molar refractivity (Wildman–Crippen MR) is 69.0 cm³/mol. The largest absolute Gasteiger partial charge is 0.370 e. The Labute approximate surface area is 99.6 Å². The fourth-order valence-corrected chi connectivity index (χ4v) is 2.26. The van der Waals surface area contributed by atoms with Crippen LogP contribution in [0.25, 0.3) is 11.3 Å². The summed E-state index contributed by atoms with van der Waals surface area (Å²) in [7, 11) is 0. The molecule has 2 aromatic heterocycles. The maximum Gasteiger partial charge on any atom is 0.130 e. The molecule has 0 amide bonds. The number of nitrogens with zero attached hydrogens (tertiary/aromatic N) is 2. The normalized spacial score (nSPS) is 10.4. The second-order valence-corrected chi connectivity index (χ2v) is 4.78. The van der Waals surface area contributed by atoms with Gasteiger partial charge in [0, 0.05) is 28.4 Å². The molecule has 0 aliphatic rings. The Morgan fingerprint density at radius 2 is 2.06 bits per heavy atom. The van der Waals surface area contributed by atoms with Crippen LogP contribution < -0.4 is 5.32 Å². The zero-order valence-corrected chi connectivity index (χ0v) is 10.6. The summed E-state index contributed by atoms with van der Waals surface area (Å²) < 4.78 is 0. The van der Waals surface area contributed by atoms with Crippen molar-refractivity contribution in [3.8, 4) is 11.3 Å². The Morgan fingerprint density at radius 3 is 2.69 bits per heavy atom. The lowest BCUT2D eigenvalue weighted by Gasteiger charge is -2.05. The van der Waals surface area contributed by atoms with Crippen molar-refractivity contribution in [1.82, 2.24) is 9.97 Å². The average Bonchev–Trinajstić information content (AvgIpc) is 2.64. The predicted octanol–water partition coefficient (Wildman–Crippen LogP) is 3.25. The number of anilines is 1. The molecule has 16 heavy (non-hydrogen) atoms. The SMILES string of the molecule is CCNc1cc(-c2csc(C)c2)nc(C)n1. The van der Waals surface area contributed by atoms with E-state index in [0.29, 0.717) is 0 Å². The summed E-state index contributed by atoms with van der Waals surface area (Å²) in [5.74, 6) is 1.70. The number of hydrogen-bond donors (Lipinski definition) is 1. The van der Waals surface area contributed by atoms with Gasteiger partial charge in [0.25, 0.3) is 0 Å². The van der Waals surface area contributed by atoms with E-state index in [4.69, 9.17) is 0 Å². The van der Waals surface area contributed by atoms with E-state index < -0.39 is 0 Å². The molecule has 2 heterocycles. The van der Waals surface area contributed by atoms with Gasteiger partial charge in [-0.1, -0.05) is 0 Å². The summed E-state index contributed by atoms with van der Waals surface area (Å²) >= 11 is 1.74. The molecular formula is C12H15N3S. The molecule has 3 nitrogen and oxygen atoms in total. The van der Waals surface area contributed by atoms with Crippen LogP contribution in [0.1, 0.15) is 17.6 Å². The summed E-state index contributed by atoms with van der Waals surface area (Å²) in [5.41, 5.74) is 2.17. The van der Waals surface area contributed by atoms with E-state index in [9.17, 15) is 0 Å². The van der Waals surface area contributed by atoms with Crippen LogP contribution in [0.4, 0.5) is 5.82 Å². The van der Waals surface area contributed by atoms with Gasteiger partial charge in [-0.15, -0.1) is 11.3 Å². The summed E-state index contributed by atoms with van der Waals surface area (Å²) in [6, 6.07) is 4.15. The fraction of sp³-hybridized carbons (Fsp3) is 0.333. The topological polar surface area (TPSA) is 37.8 Å². The van der Waals surface area contributed by atoms with E-state index in [1.165, 1.54) is 10.4 Å². The van der Waals surface area contributed by atoms with Gasteiger partial charge in [-0.3, -0.25) is 0 Å². The third-order valence-corrected chi connectivity index (χ3v) is 3.08. The van der Waals surface area contributed by atoms with Crippen LogP contribution in [-0.4, -0.2) is 16.5 Å². The lowest BCUT2D eigenvalue weighted by atomic mass is 10.2. The van der Waals surface area contributed by atoms with Crippen LogP contribution in [0.15, 0.2) is 17.5 Å². The molecule has 0 aliphatic heterocycles. The van der Waals surface area contributed by atoms with Gasteiger partial charge in [0.15, 0.2) is 0 Å². The van der Waals surface area contributed by atoms with E-state index in [1.807, 2.05) is 13.0 Å². The zero-order chi connectivity index (χ0) is 11.5.